The molecule has 0 unspecified atom stereocenters. The summed E-state index contributed by atoms with van der Waals surface area (Å²) in [5, 5.41) is 5.14. The Bertz CT molecular complexity index is 1140. The lowest BCUT2D eigenvalue weighted by Crippen LogP contribution is -2.34. The van der Waals surface area contributed by atoms with E-state index in [2.05, 4.69) is 10.6 Å². The topological polar surface area (TPSA) is 123 Å². The van der Waals surface area contributed by atoms with Crippen molar-refractivity contribution in [3.8, 4) is 11.5 Å². The Morgan fingerprint density at radius 1 is 1.03 bits per heavy atom. The number of carbonyl (C=O) groups excluding carboxylic acids is 4. The van der Waals surface area contributed by atoms with Gasteiger partial charge in [-0.15, -0.1) is 0 Å². The Hall–Kier alpha value is -4.08. The van der Waals surface area contributed by atoms with Crippen molar-refractivity contribution in [3.63, 3.8) is 0 Å². The van der Waals surface area contributed by atoms with Gasteiger partial charge in [-0.1, -0.05) is 12.1 Å². The number of esters is 1. The van der Waals surface area contributed by atoms with E-state index >= 15 is 0 Å². The maximum atomic E-state index is 12.3. The van der Waals surface area contributed by atoms with Gasteiger partial charge < -0.3 is 24.8 Å². The van der Waals surface area contributed by atoms with Crippen LogP contribution in [0.15, 0.2) is 42.5 Å². The largest absolute Gasteiger partial charge is 0.452 e. The van der Waals surface area contributed by atoms with Gasteiger partial charge in [-0.3, -0.25) is 14.5 Å². The molecule has 1 aliphatic carbocycles. The van der Waals surface area contributed by atoms with Crippen LogP contribution in [0.4, 0.5) is 10.5 Å². The number of nitrogens with zero attached hydrogens (tertiary/aromatic N) is 1. The minimum absolute atomic E-state index is 0.0155. The van der Waals surface area contributed by atoms with Crippen molar-refractivity contribution < 1.29 is 33.4 Å². The number of ether oxygens (including phenoxy) is 3. The monoisotopic (exact) mass is 465 g/mol. The fourth-order valence-corrected chi connectivity index (χ4v) is 4.24. The zero-order valence-electron chi connectivity index (χ0n) is 18.3. The fourth-order valence-electron chi connectivity index (χ4n) is 4.24. The molecule has 34 heavy (non-hydrogen) atoms. The van der Waals surface area contributed by atoms with E-state index in [0.717, 1.165) is 30.6 Å². The molecule has 1 spiro atoms. The molecule has 2 heterocycles. The van der Waals surface area contributed by atoms with E-state index in [4.69, 9.17) is 14.2 Å². The highest BCUT2D eigenvalue weighted by molar-refractivity contribution is 6.02. The molecule has 1 saturated heterocycles. The van der Waals surface area contributed by atoms with Gasteiger partial charge in [-0.05, 0) is 42.7 Å². The molecule has 0 radical (unpaired) electrons. The third-order valence-electron chi connectivity index (χ3n) is 5.99. The highest BCUT2D eigenvalue weighted by Gasteiger charge is 2.44. The molecule has 1 saturated carbocycles. The maximum absolute atomic E-state index is 12.3. The Kier molecular flexibility index (Phi) is 5.56. The van der Waals surface area contributed by atoms with Gasteiger partial charge in [0.15, 0.2) is 18.1 Å². The number of carbonyl (C=O) groups is 4. The van der Waals surface area contributed by atoms with Crippen LogP contribution in [0, 0.1) is 0 Å². The molecule has 0 bridgehead atoms. The van der Waals surface area contributed by atoms with Crippen LogP contribution in [0.3, 0.4) is 0 Å². The normalized spacial score (nSPS) is 17.7. The van der Waals surface area contributed by atoms with Crippen molar-refractivity contribution in [2.75, 3.05) is 18.5 Å². The third kappa shape index (κ3) is 4.39. The van der Waals surface area contributed by atoms with Crippen LogP contribution in [0.5, 0.6) is 11.5 Å². The first kappa shape index (κ1) is 21.7. The van der Waals surface area contributed by atoms with Crippen LogP contribution in [-0.2, 0) is 20.9 Å². The van der Waals surface area contributed by atoms with Crippen molar-refractivity contribution in [2.45, 2.75) is 38.0 Å². The first-order chi connectivity index (χ1) is 16.4. The number of anilines is 1. The lowest BCUT2D eigenvalue weighted by molar-refractivity contribution is -0.125. The Balaban J connectivity index is 1.12. The quantitative estimate of drug-likeness (QED) is 0.496. The van der Waals surface area contributed by atoms with E-state index in [9.17, 15) is 19.2 Å². The second-order valence-electron chi connectivity index (χ2n) is 8.44. The molecular weight excluding hydrogens is 442 g/mol. The highest BCUT2D eigenvalue weighted by atomic mass is 16.7. The number of benzene rings is 2. The number of fused-ring (bicyclic) bond motifs is 1. The van der Waals surface area contributed by atoms with E-state index in [0.29, 0.717) is 22.7 Å². The van der Waals surface area contributed by atoms with Crippen LogP contribution in [0.25, 0.3) is 0 Å². The summed E-state index contributed by atoms with van der Waals surface area (Å²) in [4.78, 5) is 49.0. The predicted octanol–water partition coefficient (Wildman–Crippen LogP) is 2.58. The molecule has 2 fully saturated rings. The number of urea groups is 1. The molecule has 0 atom stereocenters. The number of imide groups is 1. The molecule has 176 valence electrons. The van der Waals surface area contributed by atoms with Gasteiger partial charge in [0.25, 0.3) is 11.7 Å². The first-order valence-corrected chi connectivity index (χ1v) is 11.1. The number of hydrogen-bond donors (Lipinski definition) is 2. The van der Waals surface area contributed by atoms with Gasteiger partial charge >= 0.3 is 12.0 Å². The van der Waals surface area contributed by atoms with E-state index in [1.54, 1.807) is 30.3 Å². The number of rotatable bonds is 6. The molecule has 0 aromatic heterocycles. The summed E-state index contributed by atoms with van der Waals surface area (Å²) >= 11 is 0. The molecule has 10 nitrogen and oxygen atoms in total. The van der Waals surface area contributed by atoms with Gasteiger partial charge in [-0.25, -0.2) is 9.59 Å². The fraction of sp³-hybridized carbons (Fsp3) is 0.333. The van der Waals surface area contributed by atoms with E-state index in [-0.39, 0.29) is 24.6 Å². The van der Waals surface area contributed by atoms with Crippen LogP contribution in [0.1, 0.15) is 41.6 Å². The average Bonchev–Trinajstić information content (AvgIpc) is 3.52. The summed E-state index contributed by atoms with van der Waals surface area (Å²) in [6, 6.07) is 11.0. The lowest BCUT2D eigenvalue weighted by atomic mass is 10.1. The standard InChI is InChI=1S/C24H23N3O7/c28-20(26-17-7-8-18-19(11-17)34-24(33-18)9-1-2-10-24)14-32-22(30)16-5-3-15(4-6-16)13-27-21(29)12-25-23(27)31/h3-8,11H,1-2,9-10,12-14H2,(H,25,31)(H,26,28). The minimum Gasteiger partial charge on any atom is -0.452 e. The molecule has 10 heteroatoms. The van der Waals surface area contributed by atoms with Gasteiger partial charge in [0.2, 0.25) is 5.91 Å². The zero-order valence-corrected chi connectivity index (χ0v) is 18.3. The number of hydrogen-bond acceptors (Lipinski definition) is 7. The first-order valence-electron chi connectivity index (χ1n) is 11.1. The summed E-state index contributed by atoms with van der Waals surface area (Å²) in [7, 11) is 0. The highest BCUT2D eigenvalue weighted by Crippen LogP contribution is 2.47. The van der Waals surface area contributed by atoms with Crippen LogP contribution >= 0.6 is 0 Å². The van der Waals surface area contributed by atoms with Gasteiger partial charge in [0, 0.05) is 24.6 Å². The summed E-state index contributed by atoms with van der Waals surface area (Å²) < 4.78 is 17.1. The second kappa shape index (κ2) is 8.69. The second-order valence-corrected chi connectivity index (χ2v) is 8.44. The van der Waals surface area contributed by atoms with E-state index in [1.807, 2.05) is 0 Å². The number of amides is 4. The zero-order chi connectivity index (χ0) is 23.7. The van der Waals surface area contributed by atoms with Crippen LogP contribution in [-0.4, -0.2) is 47.7 Å². The predicted molar refractivity (Wildman–Crippen MR) is 118 cm³/mol. The molecule has 2 aromatic rings. The molecule has 2 aromatic carbocycles. The van der Waals surface area contributed by atoms with Crippen LogP contribution in [0.2, 0.25) is 0 Å². The van der Waals surface area contributed by atoms with E-state index in [1.165, 1.54) is 12.1 Å². The Morgan fingerprint density at radius 2 is 1.76 bits per heavy atom. The lowest BCUT2D eigenvalue weighted by Gasteiger charge is -2.21. The average molecular weight is 465 g/mol. The van der Waals surface area contributed by atoms with Crippen molar-refractivity contribution in [2.24, 2.45) is 0 Å². The smallest absolute Gasteiger partial charge is 0.338 e. The molecule has 4 amide bonds. The minimum atomic E-state index is -0.662. The molecule has 2 aliphatic heterocycles. The molecule has 2 N–H and O–H groups in total. The molecular formula is C24H23N3O7. The summed E-state index contributed by atoms with van der Waals surface area (Å²) in [6.07, 6.45) is 3.79. The Morgan fingerprint density at radius 3 is 2.47 bits per heavy atom. The van der Waals surface area contributed by atoms with Crippen molar-refractivity contribution in [1.82, 2.24) is 10.2 Å². The number of nitrogens with one attached hydrogen (secondary N) is 2. The summed E-state index contributed by atoms with van der Waals surface area (Å²) in [5.41, 5.74) is 1.45. The Labute approximate surface area is 195 Å². The summed E-state index contributed by atoms with van der Waals surface area (Å²) in [5.74, 6) is -0.787. The molecule has 5 rings (SSSR count). The van der Waals surface area contributed by atoms with Gasteiger partial charge in [0.05, 0.1) is 18.7 Å². The van der Waals surface area contributed by atoms with Crippen molar-refractivity contribution in [1.29, 1.82) is 0 Å². The van der Waals surface area contributed by atoms with Crippen molar-refractivity contribution in [3.05, 3.63) is 53.6 Å². The van der Waals surface area contributed by atoms with Gasteiger partial charge in [0.1, 0.15) is 0 Å². The van der Waals surface area contributed by atoms with Gasteiger partial charge in [-0.2, -0.15) is 0 Å². The third-order valence-corrected chi connectivity index (χ3v) is 5.99. The molecule has 3 aliphatic rings. The van der Waals surface area contributed by atoms with E-state index < -0.39 is 30.3 Å². The van der Waals surface area contributed by atoms with Crippen LogP contribution < -0.4 is 20.1 Å². The SMILES string of the molecule is O=C(COC(=O)c1ccc(CN2C(=O)CNC2=O)cc1)Nc1ccc2c(c1)OC1(CCCC1)O2. The van der Waals surface area contributed by atoms with Crippen molar-refractivity contribution >= 4 is 29.5 Å². The summed E-state index contributed by atoms with van der Waals surface area (Å²) in [6.45, 7) is -0.362. The maximum Gasteiger partial charge on any atom is 0.338 e.